The van der Waals surface area contributed by atoms with Crippen LogP contribution in [-0.2, 0) is 23.2 Å². The molecule has 0 saturated heterocycles. The third-order valence-electron chi connectivity index (χ3n) is 3.46. The highest BCUT2D eigenvalue weighted by Crippen LogP contribution is 2.28. The zero-order valence-electron chi connectivity index (χ0n) is 12.3. The van der Waals surface area contributed by atoms with Crippen molar-refractivity contribution in [1.82, 2.24) is 4.31 Å². The second kappa shape index (κ2) is 6.27. The van der Waals surface area contributed by atoms with Crippen LogP contribution in [-0.4, -0.2) is 24.9 Å². The van der Waals surface area contributed by atoms with E-state index in [0.29, 0.717) is 11.4 Å². The van der Waals surface area contributed by atoms with Crippen molar-refractivity contribution in [1.29, 1.82) is 0 Å². The first kappa shape index (κ1) is 16.2. The summed E-state index contributed by atoms with van der Waals surface area (Å²) in [6, 6.07) is 9.36. The van der Waals surface area contributed by atoms with Gasteiger partial charge in [-0.2, -0.15) is 4.31 Å². The van der Waals surface area contributed by atoms with Crippen molar-refractivity contribution in [3.63, 3.8) is 0 Å². The number of sulfonamides is 1. The summed E-state index contributed by atoms with van der Waals surface area (Å²) in [5.41, 5.74) is 2.86. The van der Waals surface area contributed by atoms with Gasteiger partial charge >= 0.3 is 0 Å². The van der Waals surface area contributed by atoms with Crippen LogP contribution in [0.2, 0.25) is 0 Å². The second-order valence-corrected chi connectivity index (χ2v) is 8.43. The van der Waals surface area contributed by atoms with E-state index in [1.165, 1.54) is 4.31 Å². The third kappa shape index (κ3) is 3.35. The molecule has 0 atom stereocenters. The standard InChI is InChI=1S/C15H19NO3S2/c1-11-6-4-5-7-13(11)9-16(3)21(18,19)15-8-12(2)14(10-17)20-15/h4-8,17H,9-10H2,1-3H3. The Morgan fingerprint density at radius 1 is 1.19 bits per heavy atom. The van der Waals surface area contributed by atoms with Crippen molar-refractivity contribution in [2.45, 2.75) is 31.2 Å². The predicted molar refractivity (Wildman–Crippen MR) is 84.8 cm³/mol. The normalized spacial score (nSPS) is 12.0. The van der Waals surface area contributed by atoms with E-state index in [2.05, 4.69) is 0 Å². The molecule has 6 heteroatoms. The lowest BCUT2D eigenvalue weighted by molar-refractivity contribution is 0.285. The van der Waals surface area contributed by atoms with Crippen LogP contribution >= 0.6 is 11.3 Å². The number of benzene rings is 1. The molecule has 1 aromatic heterocycles. The molecule has 4 nitrogen and oxygen atoms in total. The first-order chi connectivity index (χ1) is 9.86. The van der Waals surface area contributed by atoms with Crippen molar-refractivity contribution >= 4 is 21.4 Å². The molecule has 0 radical (unpaired) electrons. The zero-order chi connectivity index (χ0) is 15.6. The number of nitrogens with zero attached hydrogens (tertiary/aromatic N) is 1. The molecule has 0 fully saturated rings. The van der Waals surface area contributed by atoms with Crippen LogP contribution in [0.3, 0.4) is 0 Å². The monoisotopic (exact) mass is 325 g/mol. The van der Waals surface area contributed by atoms with Gasteiger partial charge in [0, 0.05) is 18.5 Å². The zero-order valence-corrected chi connectivity index (χ0v) is 14.0. The SMILES string of the molecule is Cc1ccccc1CN(C)S(=O)(=O)c1cc(C)c(CO)s1. The van der Waals surface area contributed by atoms with Gasteiger partial charge in [-0.25, -0.2) is 8.42 Å². The predicted octanol–water partition coefficient (Wildman–Crippen LogP) is 2.68. The number of thiophene rings is 1. The average molecular weight is 325 g/mol. The van der Waals surface area contributed by atoms with Gasteiger partial charge in [-0.3, -0.25) is 0 Å². The minimum atomic E-state index is -3.52. The van der Waals surface area contributed by atoms with Crippen LogP contribution in [0.4, 0.5) is 0 Å². The Balaban J connectivity index is 2.28. The molecule has 0 amide bonds. The molecule has 2 rings (SSSR count). The number of hydrogen-bond acceptors (Lipinski definition) is 4. The molecule has 0 aliphatic heterocycles. The summed E-state index contributed by atoms with van der Waals surface area (Å²) < 4.78 is 26.8. The molecule has 2 aromatic rings. The van der Waals surface area contributed by atoms with Gasteiger partial charge in [0.1, 0.15) is 4.21 Å². The van der Waals surface area contributed by atoms with Crippen LogP contribution in [0.25, 0.3) is 0 Å². The fourth-order valence-corrected chi connectivity index (χ4v) is 4.85. The average Bonchev–Trinajstić information content (AvgIpc) is 2.83. The van der Waals surface area contributed by atoms with Gasteiger partial charge in [0.2, 0.25) is 0 Å². The summed E-state index contributed by atoms with van der Waals surface area (Å²) in [6.07, 6.45) is 0. The minimum Gasteiger partial charge on any atom is -0.391 e. The summed E-state index contributed by atoms with van der Waals surface area (Å²) in [5.74, 6) is 0. The highest BCUT2D eigenvalue weighted by molar-refractivity contribution is 7.91. The topological polar surface area (TPSA) is 57.6 Å². The van der Waals surface area contributed by atoms with Crippen molar-refractivity contribution < 1.29 is 13.5 Å². The third-order valence-corrected chi connectivity index (χ3v) is 6.93. The van der Waals surface area contributed by atoms with E-state index in [1.807, 2.05) is 38.1 Å². The number of hydrogen-bond donors (Lipinski definition) is 1. The van der Waals surface area contributed by atoms with Crippen LogP contribution in [0.15, 0.2) is 34.5 Å². The van der Waals surface area contributed by atoms with Gasteiger partial charge in [0.05, 0.1) is 6.61 Å². The smallest absolute Gasteiger partial charge is 0.252 e. The van der Waals surface area contributed by atoms with Gasteiger partial charge in [-0.05, 0) is 36.6 Å². The molecule has 0 saturated carbocycles. The molecule has 0 bridgehead atoms. The molecule has 21 heavy (non-hydrogen) atoms. The van der Waals surface area contributed by atoms with Gasteiger partial charge in [-0.15, -0.1) is 11.3 Å². The highest BCUT2D eigenvalue weighted by Gasteiger charge is 2.24. The van der Waals surface area contributed by atoms with Gasteiger partial charge < -0.3 is 5.11 Å². The van der Waals surface area contributed by atoms with Crippen molar-refractivity contribution in [2.75, 3.05) is 7.05 Å². The molecular formula is C15H19NO3S2. The van der Waals surface area contributed by atoms with Crippen molar-refractivity contribution in [3.8, 4) is 0 Å². The largest absolute Gasteiger partial charge is 0.391 e. The highest BCUT2D eigenvalue weighted by atomic mass is 32.2. The lowest BCUT2D eigenvalue weighted by Gasteiger charge is -2.17. The first-order valence-electron chi connectivity index (χ1n) is 6.57. The minimum absolute atomic E-state index is 0.131. The van der Waals surface area contributed by atoms with Gasteiger partial charge in [0.15, 0.2) is 0 Å². The van der Waals surface area contributed by atoms with Gasteiger partial charge in [-0.1, -0.05) is 24.3 Å². The van der Waals surface area contributed by atoms with Crippen molar-refractivity contribution in [3.05, 3.63) is 51.9 Å². The molecular weight excluding hydrogens is 306 g/mol. The summed E-state index contributed by atoms with van der Waals surface area (Å²) >= 11 is 1.13. The quantitative estimate of drug-likeness (QED) is 0.919. The maximum Gasteiger partial charge on any atom is 0.252 e. The number of aliphatic hydroxyl groups is 1. The van der Waals surface area contributed by atoms with Crippen LogP contribution < -0.4 is 0 Å². The Hall–Kier alpha value is -1.21. The van der Waals surface area contributed by atoms with Crippen LogP contribution in [0.5, 0.6) is 0 Å². The summed E-state index contributed by atoms with van der Waals surface area (Å²) in [4.78, 5) is 0.692. The molecule has 1 aromatic carbocycles. The van der Waals surface area contributed by atoms with E-state index in [9.17, 15) is 13.5 Å². The van der Waals surface area contributed by atoms with E-state index in [0.717, 1.165) is 28.0 Å². The first-order valence-corrected chi connectivity index (χ1v) is 8.83. The fraction of sp³-hybridized carbons (Fsp3) is 0.333. The fourth-order valence-electron chi connectivity index (χ4n) is 2.04. The summed E-state index contributed by atoms with van der Waals surface area (Å²) in [5, 5.41) is 9.21. The number of rotatable bonds is 5. The summed E-state index contributed by atoms with van der Waals surface area (Å²) in [6.45, 7) is 3.98. The maximum atomic E-state index is 12.6. The Morgan fingerprint density at radius 3 is 2.43 bits per heavy atom. The number of aryl methyl sites for hydroxylation is 2. The lowest BCUT2D eigenvalue weighted by Crippen LogP contribution is -2.26. The van der Waals surface area contributed by atoms with E-state index < -0.39 is 10.0 Å². The Bertz CT molecular complexity index is 735. The molecule has 0 aliphatic carbocycles. The maximum absolute atomic E-state index is 12.6. The molecule has 1 N–H and O–H groups in total. The van der Waals surface area contributed by atoms with Crippen LogP contribution in [0.1, 0.15) is 21.6 Å². The van der Waals surface area contributed by atoms with Crippen LogP contribution in [0, 0.1) is 13.8 Å². The van der Waals surface area contributed by atoms with Gasteiger partial charge in [0.25, 0.3) is 10.0 Å². The molecule has 114 valence electrons. The summed E-state index contributed by atoms with van der Waals surface area (Å²) in [7, 11) is -1.95. The molecule has 1 heterocycles. The Labute approximate surface area is 129 Å². The lowest BCUT2D eigenvalue weighted by atomic mass is 10.1. The Kier molecular flexibility index (Phi) is 4.83. The van der Waals surface area contributed by atoms with E-state index in [4.69, 9.17) is 0 Å². The second-order valence-electron chi connectivity index (χ2n) is 5.02. The van der Waals surface area contributed by atoms with E-state index in [-0.39, 0.29) is 10.8 Å². The molecule has 0 unspecified atom stereocenters. The molecule has 0 spiro atoms. The van der Waals surface area contributed by atoms with E-state index in [1.54, 1.807) is 13.1 Å². The van der Waals surface area contributed by atoms with Crippen molar-refractivity contribution in [2.24, 2.45) is 0 Å². The number of aliphatic hydroxyl groups excluding tert-OH is 1. The Morgan fingerprint density at radius 2 is 1.86 bits per heavy atom. The molecule has 0 aliphatic rings. The van der Waals surface area contributed by atoms with E-state index >= 15 is 0 Å².